The zero-order valence-electron chi connectivity index (χ0n) is 17.4. The fraction of sp³-hybridized carbons (Fsp3) is 0.375. The number of nitrogens with one attached hydrogen (secondary N) is 1. The number of ether oxygens (including phenoxy) is 3. The van der Waals surface area contributed by atoms with Gasteiger partial charge in [0.05, 0.1) is 32.4 Å². The minimum atomic E-state index is -0.891. The molecule has 6 heteroatoms. The van der Waals surface area contributed by atoms with Crippen molar-refractivity contribution in [1.82, 2.24) is 4.98 Å². The number of H-pyrrole nitrogens is 1. The third-order valence-electron chi connectivity index (χ3n) is 5.73. The van der Waals surface area contributed by atoms with E-state index in [-0.39, 0.29) is 12.5 Å². The van der Waals surface area contributed by atoms with E-state index in [0.717, 1.165) is 40.8 Å². The Morgan fingerprint density at radius 3 is 2.60 bits per heavy atom. The molecular weight excluding hydrogens is 382 g/mol. The summed E-state index contributed by atoms with van der Waals surface area (Å²) < 4.78 is 17.2. The van der Waals surface area contributed by atoms with Gasteiger partial charge in [-0.15, -0.1) is 0 Å². The molecule has 0 amide bonds. The number of fused-ring (bicyclic) bond motifs is 1. The lowest BCUT2D eigenvalue weighted by Crippen LogP contribution is -2.19. The van der Waals surface area contributed by atoms with E-state index in [1.54, 1.807) is 14.2 Å². The lowest BCUT2D eigenvalue weighted by atomic mass is 9.97. The maximum atomic E-state index is 11.7. The molecule has 1 aliphatic rings. The Bertz CT molecular complexity index is 1050. The van der Waals surface area contributed by atoms with Gasteiger partial charge < -0.3 is 24.3 Å². The van der Waals surface area contributed by atoms with Crippen molar-refractivity contribution in [2.75, 3.05) is 14.2 Å². The standard InChI is InChI=1S/C24H27NO5/c1-28-21-10-6-9-17(24(21)29-2)23-19(14-22(26)27)18-13-16(11-12-20(18)25-23)30-15-7-4-3-5-8-15/h6,9-13,15,25H,3-5,7-8,14H2,1-2H3,(H,26,27). The molecule has 0 saturated heterocycles. The SMILES string of the molecule is COc1cccc(-c2[nH]c3ccc(OC4CCCCC4)cc3c2CC(=O)O)c1OC. The molecule has 1 fully saturated rings. The van der Waals surface area contributed by atoms with E-state index in [2.05, 4.69) is 4.98 Å². The predicted octanol–water partition coefficient (Wildman–Crippen LogP) is 5.19. The molecule has 0 radical (unpaired) electrons. The highest BCUT2D eigenvalue weighted by Gasteiger charge is 2.22. The van der Waals surface area contributed by atoms with Crippen LogP contribution < -0.4 is 14.2 Å². The van der Waals surface area contributed by atoms with Crippen LogP contribution in [0.15, 0.2) is 36.4 Å². The van der Waals surface area contributed by atoms with Gasteiger partial charge in [-0.2, -0.15) is 0 Å². The Labute approximate surface area is 175 Å². The molecule has 1 heterocycles. The predicted molar refractivity (Wildman–Crippen MR) is 116 cm³/mol. The normalized spacial score (nSPS) is 14.6. The number of rotatable bonds is 7. The van der Waals surface area contributed by atoms with Gasteiger partial charge in [-0.25, -0.2) is 0 Å². The van der Waals surface area contributed by atoms with Crippen LogP contribution in [0.3, 0.4) is 0 Å². The number of aliphatic carboxylic acids is 1. The third kappa shape index (κ3) is 3.95. The van der Waals surface area contributed by atoms with Gasteiger partial charge in [0, 0.05) is 16.5 Å². The van der Waals surface area contributed by atoms with Crippen LogP contribution in [0.5, 0.6) is 17.2 Å². The first kappa shape index (κ1) is 20.1. The summed E-state index contributed by atoms with van der Waals surface area (Å²) in [5.74, 6) is 1.05. The van der Waals surface area contributed by atoms with E-state index >= 15 is 0 Å². The Balaban J connectivity index is 1.81. The Morgan fingerprint density at radius 1 is 1.10 bits per heavy atom. The summed E-state index contributed by atoms with van der Waals surface area (Å²) in [6.45, 7) is 0. The summed E-state index contributed by atoms with van der Waals surface area (Å²) in [7, 11) is 3.16. The number of hydrogen-bond acceptors (Lipinski definition) is 4. The minimum absolute atomic E-state index is 0.109. The fourth-order valence-electron chi connectivity index (χ4n) is 4.32. The molecule has 1 aliphatic carbocycles. The van der Waals surface area contributed by atoms with Gasteiger partial charge in [-0.05, 0) is 61.6 Å². The van der Waals surface area contributed by atoms with Crippen LogP contribution in [0.4, 0.5) is 0 Å². The van der Waals surface area contributed by atoms with Crippen molar-refractivity contribution in [3.8, 4) is 28.5 Å². The van der Waals surface area contributed by atoms with Crippen LogP contribution in [-0.2, 0) is 11.2 Å². The van der Waals surface area contributed by atoms with Crippen molar-refractivity contribution in [3.05, 3.63) is 42.0 Å². The Morgan fingerprint density at radius 2 is 1.90 bits per heavy atom. The van der Waals surface area contributed by atoms with E-state index < -0.39 is 5.97 Å². The molecule has 0 atom stereocenters. The minimum Gasteiger partial charge on any atom is -0.493 e. The van der Waals surface area contributed by atoms with Gasteiger partial charge in [0.15, 0.2) is 11.5 Å². The van der Waals surface area contributed by atoms with Gasteiger partial charge in [0.1, 0.15) is 5.75 Å². The topological polar surface area (TPSA) is 80.8 Å². The maximum absolute atomic E-state index is 11.7. The summed E-state index contributed by atoms with van der Waals surface area (Å²) in [5, 5.41) is 10.4. The van der Waals surface area contributed by atoms with E-state index in [9.17, 15) is 9.90 Å². The second-order valence-electron chi connectivity index (χ2n) is 7.68. The largest absolute Gasteiger partial charge is 0.493 e. The van der Waals surface area contributed by atoms with Crippen LogP contribution in [0.2, 0.25) is 0 Å². The van der Waals surface area contributed by atoms with E-state index in [4.69, 9.17) is 14.2 Å². The summed E-state index contributed by atoms with van der Waals surface area (Å²) in [4.78, 5) is 15.1. The summed E-state index contributed by atoms with van der Waals surface area (Å²) in [5.41, 5.74) is 3.05. The summed E-state index contributed by atoms with van der Waals surface area (Å²) >= 11 is 0. The highest BCUT2D eigenvalue weighted by atomic mass is 16.5. The van der Waals surface area contributed by atoms with Gasteiger partial charge in [0.25, 0.3) is 0 Å². The van der Waals surface area contributed by atoms with Gasteiger partial charge in [-0.1, -0.05) is 12.5 Å². The van der Waals surface area contributed by atoms with Crippen LogP contribution in [0.1, 0.15) is 37.7 Å². The number of carbonyl (C=O) groups is 1. The second-order valence-corrected chi connectivity index (χ2v) is 7.68. The third-order valence-corrected chi connectivity index (χ3v) is 5.73. The van der Waals surface area contributed by atoms with Crippen molar-refractivity contribution < 1.29 is 24.1 Å². The number of methoxy groups -OCH3 is 2. The first-order valence-electron chi connectivity index (χ1n) is 10.3. The molecule has 6 nitrogen and oxygen atoms in total. The van der Waals surface area contributed by atoms with Crippen molar-refractivity contribution >= 4 is 16.9 Å². The number of aromatic nitrogens is 1. The maximum Gasteiger partial charge on any atom is 0.307 e. The molecule has 0 bridgehead atoms. The van der Waals surface area contributed by atoms with E-state index in [1.165, 1.54) is 19.3 Å². The molecule has 1 saturated carbocycles. The van der Waals surface area contributed by atoms with Crippen LogP contribution >= 0.6 is 0 Å². The highest BCUT2D eigenvalue weighted by Crippen LogP contribution is 2.41. The number of carboxylic acid groups (broad SMARTS) is 1. The first-order chi connectivity index (χ1) is 14.6. The average molecular weight is 409 g/mol. The zero-order valence-corrected chi connectivity index (χ0v) is 17.4. The Kier molecular flexibility index (Phi) is 5.84. The lowest BCUT2D eigenvalue weighted by Gasteiger charge is -2.23. The van der Waals surface area contributed by atoms with Gasteiger partial charge in [0.2, 0.25) is 0 Å². The monoisotopic (exact) mass is 409 g/mol. The zero-order chi connectivity index (χ0) is 21.1. The van der Waals surface area contributed by atoms with Gasteiger partial charge >= 0.3 is 5.97 Å². The fourth-order valence-corrected chi connectivity index (χ4v) is 4.32. The first-order valence-corrected chi connectivity index (χ1v) is 10.3. The molecule has 158 valence electrons. The van der Waals surface area contributed by atoms with Crippen LogP contribution in [-0.4, -0.2) is 36.4 Å². The molecule has 2 aromatic carbocycles. The average Bonchev–Trinajstić information content (AvgIpc) is 3.10. The molecule has 30 heavy (non-hydrogen) atoms. The van der Waals surface area contributed by atoms with Crippen molar-refractivity contribution in [1.29, 1.82) is 0 Å². The molecule has 1 aromatic heterocycles. The van der Waals surface area contributed by atoms with E-state index in [0.29, 0.717) is 17.1 Å². The quantitative estimate of drug-likeness (QED) is 0.561. The van der Waals surface area contributed by atoms with Crippen molar-refractivity contribution in [2.45, 2.75) is 44.6 Å². The van der Waals surface area contributed by atoms with Gasteiger partial charge in [-0.3, -0.25) is 4.79 Å². The number of aromatic amines is 1. The molecule has 2 N–H and O–H groups in total. The number of carboxylic acids is 1. The lowest BCUT2D eigenvalue weighted by molar-refractivity contribution is -0.136. The summed E-state index contributed by atoms with van der Waals surface area (Å²) in [6.07, 6.45) is 5.92. The molecule has 0 unspecified atom stereocenters. The molecule has 0 spiro atoms. The van der Waals surface area contributed by atoms with E-state index in [1.807, 2.05) is 36.4 Å². The number of benzene rings is 2. The van der Waals surface area contributed by atoms with Crippen LogP contribution in [0.25, 0.3) is 22.2 Å². The summed E-state index contributed by atoms with van der Waals surface area (Å²) in [6, 6.07) is 11.4. The molecular formula is C24H27NO5. The smallest absolute Gasteiger partial charge is 0.307 e. The highest BCUT2D eigenvalue weighted by molar-refractivity contribution is 5.95. The molecule has 4 rings (SSSR count). The number of hydrogen-bond donors (Lipinski definition) is 2. The molecule has 3 aromatic rings. The van der Waals surface area contributed by atoms with Crippen molar-refractivity contribution in [3.63, 3.8) is 0 Å². The second kappa shape index (κ2) is 8.69. The number of para-hydroxylation sites is 1. The van der Waals surface area contributed by atoms with Crippen LogP contribution in [0, 0.1) is 0 Å². The Hall–Kier alpha value is -3.15. The van der Waals surface area contributed by atoms with Crippen molar-refractivity contribution in [2.24, 2.45) is 0 Å². The molecule has 0 aliphatic heterocycles.